The molecule has 0 aliphatic heterocycles. The van der Waals surface area contributed by atoms with Crippen LogP contribution < -0.4 is 10.5 Å². The lowest BCUT2D eigenvalue weighted by Gasteiger charge is -2.13. The summed E-state index contributed by atoms with van der Waals surface area (Å²) in [5.74, 6) is 0.438. The number of aromatic nitrogens is 1. The van der Waals surface area contributed by atoms with Gasteiger partial charge in [-0.3, -0.25) is 4.79 Å². The number of aryl methyl sites for hydroxylation is 1. The minimum absolute atomic E-state index is 0.438. The summed E-state index contributed by atoms with van der Waals surface area (Å²) in [5, 5.41) is 0. The third-order valence-electron chi connectivity index (χ3n) is 4.20. The Morgan fingerprint density at radius 2 is 1.92 bits per heavy atom. The molecular weight excluding hydrogens is 346 g/mol. The van der Waals surface area contributed by atoms with Gasteiger partial charge in [-0.2, -0.15) is 0 Å². The Morgan fingerprint density at radius 3 is 2.58 bits per heavy atom. The van der Waals surface area contributed by atoms with Crippen LogP contribution in [0.1, 0.15) is 11.1 Å². The Labute approximate surface area is 157 Å². The highest BCUT2D eigenvalue weighted by Gasteiger charge is 2.10. The Hall–Kier alpha value is -2.86. The quantitative estimate of drug-likeness (QED) is 0.670. The first-order chi connectivity index (χ1) is 12.5. The molecule has 1 aromatic carbocycles. The number of anilines is 1. The number of pyridine rings is 1. The molecule has 3 aromatic rings. The summed E-state index contributed by atoms with van der Waals surface area (Å²) in [5.41, 5.74) is 10.9. The van der Waals surface area contributed by atoms with Gasteiger partial charge in [0.2, 0.25) is 12.3 Å². The largest absolute Gasteiger partial charge is 0.480 e. The minimum atomic E-state index is 0.438. The lowest BCUT2D eigenvalue weighted by molar-refractivity contribution is -0.117. The summed E-state index contributed by atoms with van der Waals surface area (Å²) < 4.78 is 5.11. The second-order valence-electron chi connectivity index (χ2n) is 6.15. The van der Waals surface area contributed by atoms with Crippen molar-refractivity contribution < 1.29 is 9.53 Å². The fraction of sp³-hybridized carbons (Fsp3) is 0.200. The number of methoxy groups -OCH3 is 1. The maximum absolute atomic E-state index is 10.9. The molecule has 0 unspecified atom stereocenters. The summed E-state index contributed by atoms with van der Waals surface area (Å²) in [6.45, 7) is 2.66. The third kappa shape index (κ3) is 3.70. The first-order valence-corrected chi connectivity index (χ1v) is 8.98. The van der Waals surface area contributed by atoms with Crippen molar-refractivity contribution in [2.45, 2.75) is 13.5 Å². The highest BCUT2D eigenvalue weighted by atomic mass is 32.1. The molecule has 0 spiro atoms. The number of thiophene rings is 1. The van der Waals surface area contributed by atoms with Crippen LogP contribution in [0, 0.1) is 6.92 Å². The zero-order chi connectivity index (χ0) is 18.7. The zero-order valence-corrected chi connectivity index (χ0v) is 15.8. The highest BCUT2D eigenvalue weighted by molar-refractivity contribution is 7.18. The van der Waals surface area contributed by atoms with Crippen molar-refractivity contribution in [1.82, 2.24) is 9.88 Å². The van der Waals surface area contributed by atoms with E-state index in [0.717, 1.165) is 32.9 Å². The van der Waals surface area contributed by atoms with Crippen LogP contribution in [0.4, 0.5) is 5.69 Å². The smallest absolute Gasteiger partial charge is 0.236 e. The van der Waals surface area contributed by atoms with Crippen molar-refractivity contribution in [3.63, 3.8) is 0 Å². The number of nitrogens with zero attached hydrogens (tertiary/aromatic N) is 2. The van der Waals surface area contributed by atoms with Gasteiger partial charge >= 0.3 is 0 Å². The number of ether oxygens (including phenoxy) is 1. The Kier molecular flexibility index (Phi) is 5.23. The van der Waals surface area contributed by atoms with Crippen molar-refractivity contribution >= 4 is 23.4 Å². The summed E-state index contributed by atoms with van der Waals surface area (Å²) in [6, 6.07) is 12.4. The van der Waals surface area contributed by atoms with Crippen molar-refractivity contribution in [2.75, 3.05) is 19.9 Å². The van der Waals surface area contributed by atoms with Gasteiger partial charge in [-0.05, 0) is 47.9 Å². The van der Waals surface area contributed by atoms with Gasteiger partial charge in [0, 0.05) is 35.1 Å². The summed E-state index contributed by atoms with van der Waals surface area (Å²) in [6.07, 6.45) is 2.61. The number of hydrogen-bond donors (Lipinski definition) is 1. The zero-order valence-electron chi connectivity index (χ0n) is 15.0. The van der Waals surface area contributed by atoms with Gasteiger partial charge in [-0.1, -0.05) is 12.1 Å². The molecule has 0 atom stereocenters. The molecule has 0 radical (unpaired) electrons. The monoisotopic (exact) mass is 367 g/mol. The number of nitrogens with two attached hydrogens (primary N) is 1. The Morgan fingerprint density at radius 1 is 1.19 bits per heavy atom. The predicted molar refractivity (Wildman–Crippen MR) is 106 cm³/mol. The molecule has 0 aliphatic rings. The van der Waals surface area contributed by atoms with E-state index in [2.05, 4.69) is 42.2 Å². The molecule has 0 fully saturated rings. The lowest BCUT2D eigenvalue weighted by atomic mass is 10.0. The van der Waals surface area contributed by atoms with Crippen LogP contribution in [0.3, 0.4) is 0 Å². The van der Waals surface area contributed by atoms with Gasteiger partial charge in [0.1, 0.15) is 0 Å². The van der Waals surface area contributed by atoms with Gasteiger partial charge in [0.25, 0.3) is 0 Å². The van der Waals surface area contributed by atoms with Gasteiger partial charge in [-0.25, -0.2) is 4.98 Å². The van der Waals surface area contributed by atoms with Crippen LogP contribution in [-0.4, -0.2) is 30.5 Å². The molecule has 0 saturated carbocycles. The molecule has 26 heavy (non-hydrogen) atoms. The number of hydrogen-bond acceptors (Lipinski definition) is 5. The molecule has 1 amide bonds. The van der Waals surface area contributed by atoms with Crippen LogP contribution in [-0.2, 0) is 11.3 Å². The van der Waals surface area contributed by atoms with Crippen molar-refractivity contribution in [2.24, 2.45) is 0 Å². The minimum Gasteiger partial charge on any atom is -0.480 e. The predicted octanol–water partition coefficient (Wildman–Crippen LogP) is 3.96. The average Bonchev–Trinajstić information content (AvgIpc) is 3.13. The first-order valence-electron chi connectivity index (χ1n) is 8.17. The molecule has 0 bridgehead atoms. The fourth-order valence-electron chi connectivity index (χ4n) is 2.72. The first kappa shape index (κ1) is 17.9. The van der Waals surface area contributed by atoms with E-state index in [9.17, 15) is 4.79 Å². The second-order valence-corrected chi connectivity index (χ2v) is 7.23. The van der Waals surface area contributed by atoms with Crippen LogP contribution in [0.25, 0.3) is 20.9 Å². The molecule has 2 aromatic heterocycles. The van der Waals surface area contributed by atoms with Crippen LogP contribution in [0.15, 0.2) is 42.6 Å². The van der Waals surface area contributed by atoms with Gasteiger partial charge in [0.15, 0.2) is 0 Å². The maximum atomic E-state index is 10.9. The SMILES string of the molecule is COc1ncc(-c2ccc(-c3ccc(C)c(CN(C)C=O)c3)s2)cc1N. The lowest BCUT2D eigenvalue weighted by Crippen LogP contribution is -2.15. The molecule has 0 saturated heterocycles. The van der Waals surface area contributed by atoms with Crippen molar-refractivity contribution in [3.05, 3.63) is 53.7 Å². The van der Waals surface area contributed by atoms with E-state index in [1.54, 1.807) is 36.6 Å². The number of benzene rings is 1. The Balaban J connectivity index is 1.91. The second kappa shape index (κ2) is 7.58. The Bertz CT molecular complexity index is 937. The van der Waals surface area contributed by atoms with E-state index >= 15 is 0 Å². The standard InChI is InChI=1S/C20H21N3O2S/c1-13-4-5-14(8-16(13)11-23(2)12-24)18-6-7-19(26-18)15-9-17(21)20(25-3)22-10-15/h4-10,12H,11,21H2,1-3H3. The van der Waals surface area contributed by atoms with Crippen molar-refractivity contribution in [3.8, 4) is 26.8 Å². The number of rotatable bonds is 6. The van der Waals surface area contributed by atoms with Crippen molar-refractivity contribution in [1.29, 1.82) is 0 Å². The van der Waals surface area contributed by atoms with E-state index in [1.807, 2.05) is 6.07 Å². The molecule has 2 heterocycles. The van der Waals surface area contributed by atoms with Crippen LogP contribution >= 0.6 is 11.3 Å². The highest BCUT2D eigenvalue weighted by Crippen LogP contribution is 2.36. The van der Waals surface area contributed by atoms with E-state index in [1.165, 1.54) is 5.56 Å². The van der Waals surface area contributed by atoms with Crippen LogP contribution in [0.2, 0.25) is 0 Å². The molecule has 2 N–H and O–H groups in total. The normalized spacial score (nSPS) is 10.6. The summed E-state index contributed by atoms with van der Waals surface area (Å²) in [4.78, 5) is 19.0. The van der Waals surface area contributed by atoms with Gasteiger partial charge in [0.05, 0.1) is 12.8 Å². The van der Waals surface area contributed by atoms with Gasteiger partial charge in [-0.15, -0.1) is 11.3 Å². The van der Waals surface area contributed by atoms with E-state index in [-0.39, 0.29) is 0 Å². The molecule has 134 valence electrons. The summed E-state index contributed by atoms with van der Waals surface area (Å²) >= 11 is 1.68. The molecule has 6 heteroatoms. The summed E-state index contributed by atoms with van der Waals surface area (Å²) in [7, 11) is 3.34. The third-order valence-corrected chi connectivity index (χ3v) is 5.38. The fourth-order valence-corrected chi connectivity index (χ4v) is 3.71. The van der Waals surface area contributed by atoms with Crippen LogP contribution in [0.5, 0.6) is 5.88 Å². The molecular formula is C20H21N3O2S. The van der Waals surface area contributed by atoms with E-state index in [4.69, 9.17) is 10.5 Å². The molecule has 3 rings (SSSR count). The maximum Gasteiger partial charge on any atom is 0.236 e. The van der Waals surface area contributed by atoms with Gasteiger partial charge < -0.3 is 15.4 Å². The average molecular weight is 367 g/mol. The topological polar surface area (TPSA) is 68.5 Å². The molecule has 5 nitrogen and oxygen atoms in total. The molecule has 0 aliphatic carbocycles. The number of amides is 1. The van der Waals surface area contributed by atoms with E-state index in [0.29, 0.717) is 18.1 Å². The van der Waals surface area contributed by atoms with E-state index < -0.39 is 0 Å². The number of carbonyl (C=O) groups is 1. The number of nitrogen functional groups attached to an aromatic ring is 1. The number of carbonyl (C=O) groups excluding carboxylic acids is 1.